The standard InChI is InChI=1S/C26H22N6O4/c1-34-21-14-17(15-22(35-2)24(21)36-3)26(33)28-18-8-6-7-16(13-18)19-10-11-23-29-30-25(32(23)31-19)20-9-4-5-12-27-20/h4-15H,1-3H3,(H,28,33). The molecule has 180 valence electrons. The molecule has 10 heteroatoms. The molecule has 2 aromatic carbocycles. The Morgan fingerprint density at radius 3 is 2.33 bits per heavy atom. The second-order valence-corrected chi connectivity index (χ2v) is 7.68. The van der Waals surface area contributed by atoms with Gasteiger partial charge in [-0.2, -0.15) is 9.61 Å². The lowest BCUT2D eigenvalue weighted by molar-refractivity contribution is 0.102. The molecule has 10 nitrogen and oxygen atoms in total. The number of nitrogens with one attached hydrogen (secondary N) is 1. The van der Waals surface area contributed by atoms with Crippen molar-refractivity contribution in [2.75, 3.05) is 26.6 Å². The van der Waals surface area contributed by atoms with Crippen LogP contribution < -0.4 is 19.5 Å². The van der Waals surface area contributed by atoms with Gasteiger partial charge in [-0.1, -0.05) is 18.2 Å². The highest BCUT2D eigenvalue weighted by molar-refractivity contribution is 6.05. The van der Waals surface area contributed by atoms with Gasteiger partial charge in [0.2, 0.25) is 11.6 Å². The van der Waals surface area contributed by atoms with Crippen LogP contribution in [0.3, 0.4) is 0 Å². The Morgan fingerprint density at radius 1 is 0.833 bits per heavy atom. The number of methoxy groups -OCH3 is 3. The molecule has 0 bridgehead atoms. The number of nitrogens with zero attached hydrogens (tertiary/aromatic N) is 5. The van der Waals surface area contributed by atoms with E-state index < -0.39 is 0 Å². The largest absolute Gasteiger partial charge is 0.493 e. The lowest BCUT2D eigenvalue weighted by Gasteiger charge is -2.14. The minimum absolute atomic E-state index is 0.328. The number of amides is 1. The summed E-state index contributed by atoms with van der Waals surface area (Å²) in [6.07, 6.45) is 1.69. The molecule has 0 saturated carbocycles. The van der Waals surface area contributed by atoms with Gasteiger partial charge in [-0.3, -0.25) is 9.78 Å². The van der Waals surface area contributed by atoms with Gasteiger partial charge in [0, 0.05) is 23.0 Å². The summed E-state index contributed by atoms with van der Waals surface area (Å²) in [6.45, 7) is 0. The fourth-order valence-electron chi connectivity index (χ4n) is 3.77. The van der Waals surface area contributed by atoms with E-state index in [1.54, 1.807) is 28.9 Å². The van der Waals surface area contributed by atoms with Crippen LogP contribution in [0.4, 0.5) is 5.69 Å². The number of hydrogen-bond donors (Lipinski definition) is 1. The van der Waals surface area contributed by atoms with E-state index in [1.165, 1.54) is 21.3 Å². The summed E-state index contributed by atoms with van der Waals surface area (Å²) >= 11 is 0. The van der Waals surface area contributed by atoms with Gasteiger partial charge in [0.15, 0.2) is 17.1 Å². The average molecular weight is 483 g/mol. The maximum absolute atomic E-state index is 13.0. The first-order chi connectivity index (χ1) is 17.6. The van der Waals surface area contributed by atoms with Crippen molar-refractivity contribution in [3.05, 3.63) is 78.5 Å². The van der Waals surface area contributed by atoms with Gasteiger partial charge in [-0.15, -0.1) is 10.2 Å². The third kappa shape index (κ3) is 4.27. The Morgan fingerprint density at radius 2 is 1.64 bits per heavy atom. The Bertz CT molecular complexity index is 1530. The first-order valence-corrected chi connectivity index (χ1v) is 11.0. The Kier molecular flexibility index (Phi) is 6.14. The quantitative estimate of drug-likeness (QED) is 0.368. The summed E-state index contributed by atoms with van der Waals surface area (Å²) in [5.74, 6) is 1.42. The van der Waals surface area contributed by atoms with E-state index in [1.807, 2.05) is 48.5 Å². The topological polar surface area (TPSA) is 113 Å². The van der Waals surface area contributed by atoms with Crippen molar-refractivity contribution in [3.8, 4) is 40.0 Å². The van der Waals surface area contributed by atoms with E-state index in [2.05, 4.69) is 20.5 Å². The van der Waals surface area contributed by atoms with Crippen molar-refractivity contribution in [2.45, 2.75) is 0 Å². The van der Waals surface area contributed by atoms with E-state index in [0.717, 1.165) is 5.56 Å². The molecule has 1 N–H and O–H groups in total. The maximum Gasteiger partial charge on any atom is 0.255 e. The van der Waals surface area contributed by atoms with Crippen LogP contribution in [-0.2, 0) is 0 Å². The zero-order chi connectivity index (χ0) is 25.1. The van der Waals surface area contributed by atoms with Crippen LogP contribution >= 0.6 is 0 Å². The minimum atomic E-state index is -0.328. The number of anilines is 1. The van der Waals surface area contributed by atoms with E-state index in [9.17, 15) is 4.79 Å². The molecule has 0 aliphatic carbocycles. The molecule has 0 fully saturated rings. The zero-order valence-corrected chi connectivity index (χ0v) is 19.8. The number of carbonyl (C=O) groups excluding carboxylic acids is 1. The predicted molar refractivity (Wildman–Crippen MR) is 134 cm³/mol. The molecule has 0 spiro atoms. The second kappa shape index (κ2) is 9.71. The number of hydrogen-bond acceptors (Lipinski definition) is 8. The summed E-state index contributed by atoms with van der Waals surface area (Å²) in [5.41, 5.74) is 3.72. The molecule has 1 amide bonds. The fourth-order valence-corrected chi connectivity index (χ4v) is 3.77. The molecule has 0 saturated heterocycles. The van der Waals surface area contributed by atoms with Crippen LogP contribution in [-0.4, -0.2) is 52.0 Å². The van der Waals surface area contributed by atoms with Crippen molar-refractivity contribution in [1.82, 2.24) is 24.8 Å². The van der Waals surface area contributed by atoms with E-state index in [-0.39, 0.29) is 5.91 Å². The molecule has 0 unspecified atom stereocenters. The molecule has 0 aliphatic rings. The number of pyridine rings is 1. The highest BCUT2D eigenvalue weighted by Crippen LogP contribution is 2.38. The summed E-state index contributed by atoms with van der Waals surface area (Å²) in [7, 11) is 4.51. The van der Waals surface area contributed by atoms with Gasteiger partial charge in [0.25, 0.3) is 5.91 Å². The first kappa shape index (κ1) is 22.8. The third-order valence-corrected chi connectivity index (χ3v) is 5.50. The normalized spacial score (nSPS) is 10.8. The molecule has 0 aliphatic heterocycles. The fraction of sp³-hybridized carbons (Fsp3) is 0.115. The maximum atomic E-state index is 13.0. The summed E-state index contributed by atoms with van der Waals surface area (Å²) in [4.78, 5) is 17.4. The number of fused-ring (bicyclic) bond motifs is 1. The van der Waals surface area contributed by atoms with Crippen LogP contribution in [0.1, 0.15) is 10.4 Å². The van der Waals surface area contributed by atoms with Crippen molar-refractivity contribution >= 4 is 17.2 Å². The number of carbonyl (C=O) groups is 1. The third-order valence-electron chi connectivity index (χ3n) is 5.50. The van der Waals surface area contributed by atoms with Crippen molar-refractivity contribution in [3.63, 3.8) is 0 Å². The van der Waals surface area contributed by atoms with E-state index in [4.69, 9.17) is 19.3 Å². The van der Waals surface area contributed by atoms with Crippen LogP contribution in [0.25, 0.3) is 28.4 Å². The number of rotatable bonds is 7. The van der Waals surface area contributed by atoms with Gasteiger partial charge in [-0.25, -0.2) is 0 Å². The SMILES string of the molecule is COc1cc(C(=O)Nc2cccc(-c3ccc4nnc(-c5ccccn5)n4n3)c2)cc(OC)c1OC. The van der Waals surface area contributed by atoms with Crippen LogP contribution in [0.2, 0.25) is 0 Å². The molecular weight excluding hydrogens is 460 g/mol. The monoisotopic (exact) mass is 482 g/mol. The molecule has 5 rings (SSSR count). The van der Waals surface area contributed by atoms with Gasteiger partial charge < -0.3 is 19.5 Å². The lowest BCUT2D eigenvalue weighted by atomic mass is 10.1. The van der Waals surface area contributed by atoms with E-state index in [0.29, 0.717) is 51.4 Å². The summed E-state index contributed by atoms with van der Waals surface area (Å²) in [5, 5.41) is 16.1. The minimum Gasteiger partial charge on any atom is -0.493 e. The summed E-state index contributed by atoms with van der Waals surface area (Å²) < 4.78 is 17.7. The molecule has 5 aromatic rings. The molecule has 0 radical (unpaired) electrons. The number of aromatic nitrogens is 5. The molecule has 3 aromatic heterocycles. The number of ether oxygens (including phenoxy) is 3. The number of benzene rings is 2. The van der Waals surface area contributed by atoms with Crippen LogP contribution in [0.15, 0.2) is 72.9 Å². The van der Waals surface area contributed by atoms with Gasteiger partial charge in [0.05, 0.1) is 27.0 Å². The van der Waals surface area contributed by atoms with Crippen molar-refractivity contribution < 1.29 is 19.0 Å². The molecular formula is C26H22N6O4. The molecule has 36 heavy (non-hydrogen) atoms. The Balaban J connectivity index is 1.45. The van der Waals surface area contributed by atoms with E-state index >= 15 is 0 Å². The average Bonchev–Trinajstić information content (AvgIpc) is 3.36. The first-order valence-electron chi connectivity index (χ1n) is 11.0. The predicted octanol–water partition coefficient (Wildman–Crippen LogP) is 4.13. The lowest BCUT2D eigenvalue weighted by Crippen LogP contribution is -2.12. The Labute approximate surface area is 206 Å². The van der Waals surface area contributed by atoms with Gasteiger partial charge in [-0.05, 0) is 48.5 Å². The highest BCUT2D eigenvalue weighted by Gasteiger charge is 2.18. The van der Waals surface area contributed by atoms with Crippen molar-refractivity contribution in [2.24, 2.45) is 0 Å². The molecule has 3 heterocycles. The second-order valence-electron chi connectivity index (χ2n) is 7.68. The smallest absolute Gasteiger partial charge is 0.255 e. The zero-order valence-electron chi connectivity index (χ0n) is 19.8. The molecule has 0 atom stereocenters. The van der Waals surface area contributed by atoms with Crippen LogP contribution in [0.5, 0.6) is 17.2 Å². The van der Waals surface area contributed by atoms with Crippen LogP contribution in [0, 0.1) is 0 Å². The van der Waals surface area contributed by atoms with Gasteiger partial charge in [0.1, 0.15) is 5.69 Å². The highest BCUT2D eigenvalue weighted by atomic mass is 16.5. The summed E-state index contributed by atoms with van der Waals surface area (Å²) in [6, 6.07) is 19.9. The Hall–Kier alpha value is -4.99. The van der Waals surface area contributed by atoms with Crippen molar-refractivity contribution in [1.29, 1.82) is 0 Å². The van der Waals surface area contributed by atoms with Gasteiger partial charge >= 0.3 is 0 Å².